The predicted molar refractivity (Wildman–Crippen MR) is 103 cm³/mol. The van der Waals surface area contributed by atoms with Crippen LogP contribution in [0.15, 0.2) is 0 Å². The molecule has 0 aromatic heterocycles. The Hall–Kier alpha value is 1.52. The second-order valence-electron chi connectivity index (χ2n) is 7.49. The zero-order valence-electron chi connectivity index (χ0n) is 17.5. The molecule has 0 saturated carbocycles. The van der Waals surface area contributed by atoms with E-state index in [1.807, 2.05) is 0 Å². The smallest absolute Gasteiger partial charge is 0.550 e. The molecule has 3 heteroatoms. The van der Waals surface area contributed by atoms with Crippen molar-refractivity contribution in [3.63, 3.8) is 0 Å². The Labute approximate surface area is 217 Å². The molecule has 0 heterocycles. The first-order chi connectivity index (χ1) is 11.8. The zero-order valence-corrected chi connectivity index (χ0v) is 23.7. The molecule has 0 spiro atoms. The molecule has 0 aliphatic carbocycles. The van der Waals surface area contributed by atoms with Crippen LogP contribution in [-0.2, 0) is 4.79 Å². The molecule has 0 saturated heterocycles. The Bertz CT molecular complexity index is 256. The topological polar surface area (TPSA) is 40.1 Å². The number of unbranched alkanes of at least 4 members (excludes halogenated alkanes) is 18. The molecule has 0 aromatic carbocycles. The first kappa shape index (κ1) is 28.7. The Balaban J connectivity index is 0. The van der Waals surface area contributed by atoms with Crippen molar-refractivity contribution in [1.29, 1.82) is 0 Å². The van der Waals surface area contributed by atoms with Crippen molar-refractivity contribution < 1.29 is 78.8 Å². The average Bonchev–Trinajstić information content (AvgIpc) is 2.56. The van der Waals surface area contributed by atoms with Gasteiger partial charge in [0.05, 0.1) is 0 Å². The van der Waals surface area contributed by atoms with Gasteiger partial charge in [0.15, 0.2) is 0 Å². The van der Waals surface area contributed by atoms with Gasteiger partial charge in [0.2, 0.25) is 0 Å². The number of hydrogen-bond acceptors (Lipinski definition) is 2. The summed E-state index contributed by atoms with van der Waals surface area (Å²) < 4.78 is 0. The Morgan fingerprint density at radius 1 is 0.520 bits per heavy atom. The molecule has 0 bridgehead atoms. The van der Waals surface area contributed by atoms with Crippen molar-refractivity contribution in [2.45, 2.75) is 135 Å². The van der Waals surface area contributed by atoms with E-state index in [0.29, 0.717) is 0 Å². The summed E-state index contributed by atoms with van der Waals surface area (Å²) in [5, 5.41) is 10.3. The number of carboxylic acids is 1. The monoisotopic (exact) mass is 472 g/mol. The maximum atomic E-state index is 10.3. The van der Waals surface area contributed by atoms with Crippen LogP contribution < -0.4 is 74.0 Å². The van der Waals surface area contributed by atoms with E-state index in [1.54, 1.807) is 0 Å². The average molecular weight is 472 g/mol. The molecule has 0 aliphatic rings. The molecule has 144 valence electrons. The van der Waals surface area contributed by atoms with Gasteiger partial charge in [0, 0.05) is 5.97 Å². The summed E-state index contributed by atoms with van der Waals surface area (Å²) in [4.78, 5) is 10.3. The minimum Gasteiger partial charge on any atom is -0.550 e. The van der Waals surface area contributed by atoms with Crippen molar-refractivity contribution in [2.75, 3.05) is 0 Å². The SMILES string of the molecule is CCCCCCCCCCCCCCCCCCCCCC(=O)[O-].[Cs+]. The summed E-state index contributed by atoms with van der Waals surface area (Å²) in [6.07, 6.45) is 25.7. The summed E-state index contributed by atoms with van der Waals surface area (Å²) in [5.74, 6) is -0.901. The summed E-state index contributed by atoms with van der Waals surface area (Å²) in [6.45, 7) is 2.28. The first-order valence-corrected chi connectivity index (χ1v) is 11.0. The summed E-state index contributed by atoms with van der Waals surface area (Å²) in [6, 6.07) is 0. The third-order valence-electron chi connectivity index (χ3n) is 4.98. The number of hydrogen-bond donors (Lipinski definition) is 0. The second kappa shape index (κ2) is 25.5. The zero-order chi connectivity index (χ0) is 17.7. The molecular formula is C22H43CsO2. The summed E-state index contributed by atoms with van der Waals surface area (Å²) >= 11 is 0. The maximum absolute atomic E-state index is 10.3. The van der Waals surface area contributed by atoms with Gasteiger partial charge >= 0.3 is 68.9 Å². The van der Waals surface area contributed by atoms with E-state index in [1.165, 1.54) is 109 Å². The number of aliphatic carboxylic acids is 1. The Morgan fingerprint density at radius 3 is 1.00 bits per heavy atom. The number of rotatable bonds is 20. The van der Waals surface area contributed by atoms with Crippen molar-refractivity contribution in [3.8, 4) is 0 Å². The van der Waals surface area contributed by atoms with Gasteiger partial charge in [-0.05, 0) is 12.8 Å². The normalized spacial score (nSPS) is 10.6. The fraction of sp³-hybridized carbons (Fsp3) is 0.955. The van der Waals surface area contributed by atoms with Gasteiger partial charge in [-0.15, -0.1) is 0 Å². The second-order valence-corrected chi connectivity index (χ2v) is 7.49. The standard InChI is InChI=1S/C22H44O2.Cs/c1-2-3-4-5-6-7-8-9-10-11-12-13-14-15-16-17-18-19-20-21-22(23)24;/h2-21H2,1H3,(H,23,24);/q;+1/p-1. The molecule has 2 nitrogen and oxygen atoms in total. The Morgan fingerprint density at radius 2 is 0.760 bits per heavy atom. The first-order valence-electron chi connectivity index (χ1n) is 11.0. The third kappa shape index (κ3) is 27.8. The predicted octanol–water partition coefficient (Wildman–Crippen LogP) is 3.56. The van der Waals surface area contributed by atoms with E-state index in [-0.39, 0.29) is 75.3 Å². The Kier molecular flexibility index (Phi) is 29.3. The van der Waals surface area contributed by atoms with E-state index in [9.17, 15) is 9.90 Å². The molecule has 25 heavy (non-hydrogen) atoms. The van der Waals surface area contributed by atoms with E-state index < -0.39 is 5.97 Å². The molecule has 0 N–H and O–H groups in total. The fourth-order valence-corrected chi connectivity index (χ4v) is 3.35. The van der Waals surface area contributed by atoms with Crippen molar-refractivity contribution >= 4 is 5.97 Å². The van der Waals surface area contributed by atoms with Gasteiger partial charge in [-0.2, -0.15) is 0 Å². The van der Waals surface area contributed by atoms with Gasteiger partial charge in [-0.3, -0.25) is 0 Å². The number of carbonyl (C=O) groups excluding carboxylic acids is 1. The van der Waals surface area contributed by atoms with Crippen LogP contribution in [0.3, 0.4) is 0 Å². The van der Waals surface area contributed by atoms with E-state index in [4.69, 9.17) is 0 Å². The number of carboxylic acid groups (broad SMARTS) is 1. The number of carbonyl (C=O) groups is 1. The van der Waals surface area contributed by atoms with Gasteiger partial charge in [0.25, 0.3) is 0 Å². The molecule has 0 radical (unpaired) electrons. The van der Waals surface area contributed by atoms with E-state index >= 15 is 0 Å². The van der Waals surface area contributed by atoms with Crippen LogP contribution in [0.4, 0.5) is 0 Å². The molecule has 0 unspecified atom stereocenters. The largest absolute Gasteiger partial charge is 1.00 e. The molecule has 0 amide bonds. The van der Waals surface area contributed by atoms with E-state index in [2.05, 4.69) is 6.92 Å². The van der Waals surface area contributed by atoms with Gasteiger partial charge < -0.3 is 9.90 Å². The molecule has 0 aromatic rings. The van der Waals surface area contributed by atoms with Crippen molar-refractivity contribution in [3.05, 3.63) is 0 Å². The molecule has 0 aliphatic heterocycles. The van der Waals surface area contributed by atoms with Crippen LogP contribution in [0.5, 0.6) is 0 Å². The van der Waals surface area contributed by atoms with Crippen molar-refractivity contribution in [1.82, 2.24) is 0 Å². The van der Waals surface area contributed by atoms with Crippen LogP contribution >= 0.6 is 0 Å². The fourth-order valence-electron chi connectivity index (χ4n) is 3.35. The maximum Gasteiger partial charge on any atom is 1.00 e. The van der Waals surface area contributed by atoms with Crippen LogP contribution in [-0.4, -0.2) is 5.97 Å². The molecule has 0 fully saturated rings. The summed E-state index contributed by atoms with van der Waals surface area (Å²) in [7, 11) is 0. The molecular weight excluding hydrogens is 429 g/mol. The van der Waals surface area contributed by atoms with Crippen LogP contribution in [0.2, 0.25) is 0 Å². The quantitative estimate of drug-likeness (QED) is 0.254. The van der Waals surface area contributed by atoms with E-state index in [0.717, 1.165) is 12.8 Å². The van der Waals surface area contributed by atoms with Gasteiger partial charge in [0.1, 0.15) is 0 Å². The van der Waals surface area contributed by atoms with Crippen molar-refractivity contribution in [2.24, 2.45) is 0 Å². The third-order valence-corrected chi connectivity index (χ3v) is 4.98. The van der Waals surface area contributed by atoms with Gasteiger partial charge in [-0.25, -0.2) is 0 Å². The molecule has 0 atom stereocenters. The summed E-state index contributed by atoms with van der Waals surface area (Å²) in [5.41, 5.74) is 0. The van der Waals surface area contributed by atoms with Crippen LogP contribution in [0.25, 0.3) is 0 Å². The minimum atomic E-state index is -0.901. The minimum absolute atomic E-state index is 0. The van der Waals surface area contributed by atoms with Crippen LogP contribution in [0.1, 0.15) is 135 Å². The molecule has 0 rings (SSSR count). The van der Waals surface area contributed by atoms with Crippen LogP contribution in [0, 0.1) is 0 Å². The van der Waals surface area contributed by atoms with Gasteiger partial charge in [-0.1, -0.05) is 122 Å².